The number of carbonyl (C=O) groups excluding carboxylic acids is 2. The van der Waals surface area contributed by atoms with Gasteiger partial charge in [0, 0.05) is 5.69 Å². The molecule has 0 radical (unpaired) electrons. The van der Waals surface area contributed by atoms with Gasteiger partial charge in [0.15, 0.2) is 23.0 Å². The molecular weight excluding hydrogens is 446 g/mol. The second kappa shape index (κ2) is 10.2. The summed E-state index contributed by atoms with van der Waals surface area (Å²) in [6.45, 7) is 2.36. The summed E-state index contributed by atoms with van der Waals surface area (Å²) in [4.78, 5) is 27.9. The van der Waals surface area contributed by atoms with Gasteiger partial charge in [-0.25, -0.2) is 0 Å². The molecule has 0 unspecified atom stereocenters. The van der Waals surface area contributed by atoms with E-state index < -0.39 is 23.5 Å². The Morgan fingerprint density at radius 3 is 2.40 bits per heavy atom. The van der Waals surface area contributed by atoms with Gasteiger partial charge in [-0.2, -0.15) is 0 Å². The Labute approximate surface area is 203 Å². The van der Waals surface area contributed by atoms with Crippen LogP contribution in [-0.2, 0) is 9.59 Å². The van der Waals surface area contributed by atoms with Gasteiger partial charge in [0.25, 0.3) is 5.91 Å². The molecule has 1 amide bonds. The molecule has 1 aliphatic rings. The molecule has 0 saturated heterocycles. The monoisotopic (exact) mass is 471 g/mol. The van der Waals surface area contributed by atoms with E-state index in [1.807, 2.05) is 37.3 Å². The van der Waals surface area contributed by atoms with E-state index >= 15 is 0 Å². The van der Waals surface area contributed by atoms with E-state index in [9.17, 15) is 19.8 Å². The van der Waals surface area contributed by atoms with Crippen LogP contribution in [0.25, 0.3) is 6.08 Å². The zero-order chi connectivity index (χ0) is 24.9. The number of aromatic hydroxyl groups is 1. The first-order valence-electron chi connectivity index (χ1n) is 11.1. The summed E-state index contributed by atoms with van der Waals surface area (Å²) in [7, 11) is 1.41. The van der Waals surface area contributed by atoms with Gasteiger partial charge >= 0.3 is 0 Å². The average Bonchev–Trinajstić information content (AvgIpc) is 3.14. The molecule has 4 rings (SSSR count). The van der Waals surface area contributed by atoms with Crippen molar-refractivity contribution >= 4 is 23.5 Å². The van der Waals surface area contributed by atoms with Gasteiger partial charge < -0.3 is 19.7 Å². The van der Waals surface area contributed by atoms with E-state index in [0.717, 1.165) is 5.56 Å². The number of rotatable bonds is 8. The number of amides is 1. The van der Waals surface area contributed by atoms with Crippen LogP contribution in [-0.4, -0.2) is 35.6 Å². The Morgan fingerprint density at radius 1 is 1.03 bits per heavy atom. The van der Waals surface area contributed by atoms with Gasteiger partial charge in [0.05, 0.1) is 25.3 Å². The zero-order valence-corrected chi connectivity index (χ0v) is 19.3. The predicted octanol–water partition coefficient (Wildman–Crippen LogP) is 4.98. The van der Waals surface area contributed by atoms with Crippen LogP contribution in [0, 0.1) is 0 Å². The summed E-state index contributed by atoms with van der Waals surface area (Å²) in [6, 6.07) is 19.7. The quantitative estimate of drug-likeness (QED) is 0.450. The summed E-state index contributed by atoms with van der Waals surface area (Å²) in [5.41, 5.74) is 1.69. The molecule has 0 spiro atoms. The molecule has 7 nitrogen and oxygen atoms in total. The number of benzene rings is 3. The number of aliphatic hydroxyl groups is 1. The second-order valence-corrected chi connectivity index (χ2v) is 7.81. The number of hydrogen-bond donors (Lipinski definition) is 2. The van der Waals surface area contributed by atoms with Gasteiger partial charge in [-0.15, -0.1) is 0 Å². The van der Waals surface area contributed by atoms with Crippen LogP contribution in [0.4, 0.5) is 5.69 Å². The van der Waals surface area contributed by atoms with Crippen molar-refractivity contribution in [1.82, 2.24) is 0 Å². The van der Waals surface area contributed by atoms with Crippen molar-refractivity contribution in [3.05, 3.63) is 101 Å². The van der Waals surface area contributed by atoms with Crippen molar-refractivity contribution < 1.29 is 29.3 Å². The van der Waals surface area contributed by atoms with E-state index in [0.29, 0.717) is 23.6 Å². The highest BCUT2D eigenvalue weighted by molar-refractivity contribution is 6.19. The molecule has 3 aromatic carbocycles. The number of phenolic OH excluding ortho intramolecular Hbond substituents is 1. The van der Waals surface area contributed by atoms with Crippen LogP contribution >= 0.6 is 0 Å². The van der Waals surface area contributed by atoms with Gasteiger partial charge in [-0.05, 0) is 60.5 Å². The standard InChI is InChI=1S/C28H25NO6/c1-3-35-21-13-11-20(12-14-21)29-26(19-10-16-22(30)24(17-19)34-2)25(27(32)28(29)33)23(31)15-9-18-7-5-4-6-8-18/h4-17,26,30,32H,3H2,1-2H3/b15-9-/t26-/m0/s1. The summed E-state index contributed by atoms with van der Waals surface area (Å²) in [5.74, 6) is -1.12. The van der Waals surface area contributed by atoms with Crippen molar-refractivity contribution in [2.24, 2.45) is 0 Å². The summed E-state index contributed by atoms with van der Waals surface area (Å²) in [5, 5.41) is 20.9. The molecule has 0 aromatic heterocycles. The van der Waals surface area contributed by atoms with Crippen molar-refractivity contribution in [3.8, 4) is 17.2 Å². The molecule has 2 N–H and O–H groups in total. The lowest BCUT2D eigenvalue weighted by Gasteiger charge is -2.27. The fourth-order valence-electron chi connectivity index (χ4n) is 4.00. The molecule has 7 heteroatoms. The van der Waals surface area contributed by atoms with Gasteiger partial charge in [-0.3, -0.25) is 14.5 Å². The molecule has 0 bridgehead atoms. The summed E-state index contributed by atoms with van der Waals surface area (Å²) < 4.78 is 10.7. The molecule has 1 aliphatic heterocycles. The number of methoxy groups -OCH3 is 1. The molecule has 1 heterocycles. The van der Waals surface area contributed by atoms with Crippen LogP contribution in [0.1, 0.15) is 24.1 Å². The zero-order valence-electron chi connectivity index (χ0n) is 19.3. The van der Waals surface area contributed by atoms with Crippen molar-refractivity contribution in [1.29, 1.82) is 0 Å². The van der Waals surface area contributed by atoms with Crippen LogP contribution < -0.4 is 14.4 Å². The van der Waals surface area contributed by atoms with E-state index in [1.54, 1.807) is 42.5 Å². The number of ketones is 1. The number of nitrogens with zero attached hydrogens (tertiary/aromatic N) is 1. The first kappa shape index (κ1) is 23.6. The maximum atomic E-state index is 13.3. The normalized spacial score (nSPS) is 15.7. The first-order chi connectivity index (χ1) is 16.9. The minimum atomic E-state index is -0.942. The largest absolute Gasteiger partial charge is 0.504 e. The molecular formula is C28H25NO6. The topological polar surface area (TPSA) is 96.3 Å². The van der Waals surface area contributed by atoms with Gasteiger partial charge in [0.2, 0.25) is 0 Å². The summed E-state index contributed by atoms with van der Waals surface area (Å²) in [6.07, 6.45) is 2.96. The Morgan fingerprint density at radius 2 is 1.74 bits per heavy atom. The Hall–Kier alpha value is -4.52. The fourth-order valence-corrected chi connectivity index (χ4v) is 4.00. The number of carbonyl (C=O) groups is 2. The third kappa shape index (κ3) is 4.75. The number of ether oxygens (including phenoxy) is 2. The van der Waals surface area contributed by atoms with Crippen molar-refractivity contribution in [2.45, 2.75) is 13.0 Å². The third-order valence-corrected chi connectivity index (χ3v) is 5.65. The molecule has 35 heavy (non-hydrogen) atoms. The van der Waals surface area contributed by atoms with Gasteiger partial charge in [0.1, 0.15) is 5.75 Å². The number of allylic oxidation sites excluding steroid dienone is 1. The van der Waals surface area contributed by atoms with Crippen LogP contribution in [0.3, 0.4) is 0 Å². The maximum absolute atomic E-state index is 13.3. The molecule has 1 atom stereocenters. The third-order valence-electron chi connectivity index (χ3n) is 5.65. The lowest BCUT2D eigenvalue weighted by Crippen LogP contribution is -2.30. The number of phenols is 1. The van der Waals surface area contributed by atoms with Crippen LogP contribution in [0.5, 0.6) is 17.2 Å². The van der Waals surface area contributed by atoms with Crippen molar-refractivity contribution in [3.63, 3.8) is 0 Å². The first-order valence-corrected chi connectivity index (χ1v) is 11.1. The average molecular weight is 472 g/mol. The second-order valence-electron chi connectivity index (χ2n) is 7.81. The predicted molar refractivity (Wildman–Crippen MR) is 133 cm³/mol. The molecule has 178 valence electrons. The highest BCUT2D eigenvalue weighted by Crippen LogP contribution is 2.43. The fraction of sp³-hybridized carbons (Fsp3) is 0.143. The lowest BCUT2D eigenvalue weighted by molar-refractivity contribution is -0.117. The number of hydrogen-bond acceptors (Lipinski definition) is 6. The smallest absolute Gasteiger partial charge is 0.294 e. The number of anilines is 1. The Kier molecular flexibility index (Phi) is 6.87. The van der Waals surface area contributed by atoms with E-state index in [4.69, 9.17) is 9.47 Å². The van der Waals surface area contributed by atoms with Crippen LogP contribution in [0.2, 0.25) is 0 Å². The van der Waals surface area contributed by atoms with Crippen molar-refractivity contribution in [2.75, 3.05) is 18.6 Å². The van der Waals surface area contributed by atoms with Gasteiger partial charge in [-0.1, -0.05) is 42.5 Å². The number of aliphatic hydroxyl groups excluding tert-OH is 1. The SMILES string of the molecule is CCOc1ccc(N2C(=O)C(O)=C(C(=O)/C=C\c3ccccc3)[C@@H]2c2ccc(O)c(OC)c2)cc1. The Balaban J connectivity index is 1.79. The highest BCUT2D eigenvalue weighted by Gasteiger charge is 2.44. The minimum Gasteiger partial charge on any atom is -0.504 e. The molecule has 0 aliphatic carbocycles. The Bertz CT molecular complexity index is 1290. The minimum absolute atomic E-state index is 0.0659. The lowest BCUT2D eigenvalue weighted by atomic mass is 9.95. The van der Waals surface area contributed by atoms with E-state index in [2.05, 4.69) is 0 Å². The van der Waals surface area contributed by atoms with E-state index in [-0.39, 0.29) is 17.1 Å². The van der Waals surface area contributed by atoms with E-state index in [1.165, 1.54) is 24.2 Å². The molecule has 0 saturated carbocycles. The highest BCUT2D eigenvalue weighted by atomic mass is 16.5. The molecule has 3 aromatic rings. The maximum Gasteiger partial charge on any atom is 0.294 e. The van der Waals surface area contributed by atoms with Crippen LogP contribution in [0.15, 0.2) is 90.2 Å². The summed E-state index contributed by atoms with van der Waals surface area (Å²) >= 11 is 0. The molecule has 0 fully saturated rings.